The van der Waals surface area contributed by atoms with Crippen LogP contribution in [0.5, 0.6) is 0 Å². The zero-order chi connectivity index (χ0) is 15.8. The summed E-state index contributed by atoms with van der Waals surface area (Å²) < 4.78 is 40.6. The normalized spacial score (nSPS) is 9.56. The van der Waals surface area contributed by atoms with Crippen molar-refractivity contribution in [3.05, 3.63) is 38.8 Å². The van der Waals surface area contributed by atoms with Crippen molar-refractivity contribution in [3.63, 3.8) is 0 Å². The number of rotatable bonds is 0. The molecule has 0 unspecified atom stereocenters. The van der Waals surface area contributed by atoms with Crippen molar-refractivity contribution < 1.29 is 39.1 Å². The van der Waals surface area contributed by atoms with E-state index in [0.29, 0.717) is 0 Å². The Hall–Kier alpha value is -1.12. The Morgan fingerprint density at radius 1 is 0.667 bits per heavy atom. The van der Waals surface area contributed by atoms with E-state index < -0.39 is 0 Å². The summed E-state index contributed by atoms with van der Waals surface area (Å²) in [6, 6.07) is 0. The van der Waals surface area contributed by atoms with Gasteiger partial charge in [-0.15, -0.1) is 0 Å². The van der Waals surface area contributed by atoms with Crippen LogP contribution in [0, 0.1) is 33.3 Å². The van der Waals surface area contributed by atoms with Crippen molar-refractivity contribution in [3.8, 4) is 0 Å². The van der Waals surface area contributed by atoms with Crippen LogP contribution in [0.2, 0.25) is 0 Å². The summed E-state index contributed by atoms with van der Waals surface area (Å²) in [5, 5.41) is 0. The SMILES string of the molecule is [C-]#[O+].[C-]#[O+].[C-]#[O+].[C-]#[O+].[C-]#[O+].[Cr]=[C]=C1CCCCC1. The van der Waals surface area contributed by atoms with E-state index in [2.05, 4.69) is 53.6 Å². The van der Waals surface area contributed by atoms with E-state index in [0.717, 1.165) is 0 Å². The van der Waals surface area contributed by atoms with Crippen molar-refractivity contribution in [1.82, 2.24) is 0 Å². The third kappa shape index (κ3) is 36.4. The van der Waals surface area contributed by atoms with Crippen molar-refractivity contribution in [2.24, 2.45) is 0 Å². The molecule has 0 heterocycles. The minimum atomic E-state index is 1.28. The van der Waals surface area contributed by atoms with Gasteiger partial charge in [0.1, 0.15) is 0 Å². The average Bonchev–Trinajstić information content (AvgIpc) is 2.57. The first-order valence-corrected chi connectivity index (χ1v) is 4.82. The van der Waals surface area contributed by atoms with Crippen LogP contribution in [-0.4, -0.2) is 4.54 Å². The fourth-order valence-electron chi connectivity index (χ4n) is 1.08. The number of hydrogen-bond donors (Lipinski definition) is 0. The van der Waals surface area contributed by atoms with E-state index in [1.807, 2.05) is 0 Å². The molecule has 6 heteroatoms. The Balaban J connectivity index is -0.0000000482. The molecule has 0 amide bonds. The predicted molar refractivity (Wildman–Crippen MR) is 51.3 cm³/mol. The Bertz CT molecular complexity index is 249. The van der Waals surface area contributed by atoms with Crippen molar-refractivity contribution >= 4 is 4.54 Å². The summed E-state index contributed by atoms with van der Waals surface area (Å²) in [7, 11) is 0. The quantitative estimate of drug-likeness (QED) is 0.477. The second-order valence-corrected chi connectivity index (χ2v) is 2.59. The third-order valence-corrected chi connectivity index (χ3v) is 2.05. The molecule has 1 saturated carbocycles. The summed E-state index contributed by atoms with van der Waals surface area (Å²) in [5.41, 5.74) is 1.50. The first-order chi connectivity index (χ1) is 8.93. The van der Waals surface area contributed by atoms with Crippen LogP contribution >= 0.6 is 0 Å². The van der Waals surface area contributed by atoms with Gasteiger partial charge in [-0.2, -0.15) is 0 Å². The first kappa shape index (κ1) is 30.2. The van der Waals surface area contributed by atoms with E-state index >= 15 is 0 Å². The van der Waals surface area contributed by atoms with Crippen LogP contribution in [0.15, 0.2) is 5.57 Å². The van der Waals surface area contributed by atoms with Crippen LogP contribution < -0.4 is 0 Å². The summed E-state index contributed by atoms with van der Waals surface area (Å²) >= 11 is 2.83. The fraction of sp³-hybridized carbons (Fsp3) is 0.417. The number of hydrogen-bond acceptors (Lipinski definition) is 0. The summed E-state index contributed by atoms with van der Waals surface area (Å²) in [5.74, 6) is 0. The summed E-state index contributed by atoms with van der Waals surface area (Å²) in [6.45, 7) is 22.5. The van der Waals surface area contributed by atoms with Crippen molar-refractivity contribution in [1.29, 1.82) is 0 Å². The van der Waals surface area contributed by atoms with Gasteiger partial charge in [-0.05, 0) is 0 Å². The molecule has 1 rings (SSSR count). The molecule has 1 fully saturated rings. The molecule has 0 saturated heterocycles. The van der Waals surface area contributed by atoms with Crippen molar-refractivity contribution in [2.45, 2.75) is 32.1 Å². The molecule has 0 aromatic heterocycles. The van der Waals surface area contributed by atoms with Gasteiger partial charge in [-0.25, -0.2) is 0 Å². The second-order valence-electron chi connectivity index (χ2n) is 2.27. The zero-order valence-electron chi connectivity index (χ0n) is 9.49. The molecular weight excluding hydrogens is 276 g/mol. The van der Waals surface area contributed by atoms with Gasteiger partial charge in [-0.3, -0.25) is 0 Å². The van der Waals surface area contributed by atoms with Crippen LogP contribution in [0.3, 0.4) is 0 Å². The van der Waals surface area contributed by atoms with Gasteiger partial charge in [0, 0.05) is 0 Å². The standard InChI is InChI=1S/C7H10.5CO.Cr/c1-7-5-3-2-4-6-7;5*1-2;/h2-6H2;;;;;;. The average molecular weight is 286 g/mol. The molecule has 0 atom stereocenters. The van der Waals surface area contributed by atoms with Gasteiger partial charge in [0.2, 0.25) is 0 Å². The zero-order valence-corrected chi connectivity index (χ0v) is 10.8. The Morgan fingerprint density at radius 2 is 0.944 bits per heavy atom. The van der Waals surface area contributed by atoms with E-state index in [4.69, 9.17) is 23.3 Å². The molecule has 1 aliphatic carbocycles. The van der Waals surface area contributed by atoms with Gasteiger partial charge < -0.3 is 0 Å². The van der Waals surface area contributed by atoms with E-state index in [-0.39, 0.29) is 0 Å². The maximum atomic E-state index is 7.50. The Morgan fingerprint density at radius 3 is 1.11 bits per heavy atom. The van der Waals surface area contributed by atoms with Gasteiger partial charge in [0.15, 0.2) is 0 Å². The van der Waals surface area contributed by atoms with Gasteiger partial charge in [0.05, 0.1) is 0 Å². The predicted octanol–water partition coefficient (Wildman–Crippen LogP) is 1.64. The number of allylic oxidation sites excluding steroid dienone is 1. The van der Waals surface area contributed by atoms with Gasteiger partial charge in [0.25, 0.3) is 0 Å². The van der Waals surface area contributed by atoms with E-state index in [1.165, 1.54) is 37.7 Å². The molecular formula is C12H10CrO5. The first-order valence-electron chi connectivity index (χ1n) is 4.18. The molecule has 18 heavy (non-hydrogen) atoms. The monoisotopic (exact) mass is 286 g/mol. The molecule has 0 radical (unpaired) electrons. The molecule has 1 aliphatic rings. The third-order valence-electron chi connectivity index (χ3n) is 1.60. The maximum absolute atomic E-state index is 7.50. The van der Waals surface area contributed by atoms with Crippen molar-refractivity contribution in [2.75, 3.05) is 0 Å². The van der Waals surface area contributed by atoms with Crippen LogP contribution in [0.4, 0.5) is 0 Å². The van der Waals surface area contributed by atoms with E-state index in [1.54, 1.807) is 0 Å². The molecule has 5 nitrogen and oxygen atoms in total. The summed E-state index contributed by atoms with van der Waals surface area (Å²) in [6.07, 6.45) is 6.75. The molecule has 0 N–H and O–H groups in total. The topological polar surface area (TPSA) is 99.5 Å². The molecule has 0 aliphatic heterocycles. The van der Waals surface area contributed by atoms with Gasteiger partial charge in [-0.1, -0.05) is 0 Å². The Kier molecular flexibility index (Phi) is 94.9. The fourth-order valence-corrected chi connectivity index (χ4v) is 1.40. The molecule has 0 bridgehead atoms. The minimum absolute atomic E-state index is 1.28. The summed E-state index contributed by atoms with van der Waals surface area (Å²) in [4.78, 5) is 0. The Labute approximate surface area is 115 Å². The van der Waals surface area contributed by atoms with Crippen LogP contribution in [0.25, 0.3) is 0 Å². The van der Waals surface area contributed by atoms with Crippen LogP contribution in [-0.2, 0) is 39.1 Å². The molecule has 0 spiro atoms. The van der Waals surface area contributed by atoms with E-state index in [9.17, 15) is 0 Å². The van der Waals surface area contributed by atoms with Gasteiger partial charge >= 0.3 is 115 Å². The second kappa shape index (κ2) is 56.6. The van der Waals surface area contributed by atoms with Crippen LogP contribution in [0.1, 0.15) is 32.1 Å². The molecule has 0 aromatic rings. The molecule has 94 valence electrons. The molecule has 0 aromatic carbocycles.